The second-order valence-corrected chi connectivity index (χ2v) is 7.09. The molecule has 0 amide bonds. The van der Waals surface area contributed by atoms with E-state index in [1.807, 2.05) is 0 Å². The molecule has 0 aromatic heterocycles. The molecule has 2 fully saturated rings. The van der Waals surface area contributed by atoms with E-state index in [0.29, 0.717) is 6.04 Å². The molecule has 1 aliphatic heterocycles. The van der Waals surface area contributed by atoms with E-state index in [0.717, 1.165) is 18.4 Å². The van der Waals surface area contributed by atoms with Gasteiger partial charge in [-0.3, -0.25) is 0 Å². The fourth-order valence-electron chi connectivity index (χ4n) is 3.79. The number of hydrogen-bond acceptors (Lipinski definition) is 2. The first-order chi connectivity index (χ1) is 10.3. The zero-order valence-corrected chi connectivity index (χ0v) is 13.4. The van der Waals surface area contributed by atoms with Crippen LogP contribution in [0.4, 0.5) is 0 Å². The maximum atomic E-state index is 3.80. The Morgan fingerprint density at radius 1 is 1.10 bits per heavy atom. The fraction of sp³-hybridized carbons (Fsp3) is 0.684. The highest BCUT2D eigenvalue weighted by molar-refractivity contribution is 5.14. The van der Waals surface area contributed by atoms with E-state index in [9.17, 15) is 0 Å². The van der Waals surface area contributed by atoms with Crippen molar-refractivity contribution >= 4 is 0 Å². The highest BCUT2D eigenvalue weighted by Crippen LogP contribution is 2.29. The lowest BCUT2D eigenvalue weighted by atomic mass is 9.83. The smallest absolute Gasteiger partial charge is 0.0208 e. The molecule has 2 unspecified atom stereocenters. The summed E-state index contributed by atoms with van der Waals surface area (Å²) in [5.41, 5.74) is 1.40. The Morgan fingerprint density at radius 2 is 1.90 bits per heavy atom. The van der Waals surface area contributed by atoms with E-state index >= 15 is 0 Å². The van der Waals surface area contributed by atoms with Gasteiger partial charge in [-0.1, -0.05) is 50.1 Å². The van der Waals surface area contributed by atoms with Gasteiger partial charge in [-0.15, -0.1) is 0 Å². The molecule has 2 nitrogen and oxygen atoms in total. The van der Waals surface area contributed by atoms with Gasteiger partial charge < -0.3 is 10.2 Å². The van der Waals surface area contributed by atoms with Gasteiger partial charge in [0, 0.05) is 32.2 Å². The molecule has 21 heavy (non-hydrogen) atoms. The predicted octanol–water partition coefficient (Wildman–Crippen LogP) is 3.68. The summed E-state index contributed by atoms with van der Waals surface area (Å²) >= 11 is 0. The molecule has 2 heteroatoms. The van der Waals surface area contributed by atoms with Crippen LogP contribution in [0.15, 0.2) is 30.3 Å². The monoisotopic (exact) mass is 286 g/mol. The minimum atomic E-state index is 0.670. The van der Waals surface area contributed by atoms with Crippen molar-refractivity contribution in [2.45, 2.75) is 51.6 Å². The van der Waals surface area contributed by atoms with Gasteiger partial charge in [0.05, 0.1) is 0 Å². The molecule has 1 saturated carbocycles. The molecular formula is C19H30N2. The predicted molar refractivity (Wildman–Crippen MR) is 89.2 cm³/mol. The minimum absolute atomic E-state index is 0.670. The van der Waals surface area contributed by atoms with Gasteiger partial charge in [-0.05, 0) is 36.7 Å². The van der Waals surface area contributed by atoms with Crippen molar-refractivity contribution in [1.29, 1.82) is 0 Å². The quantitative estimate of drug-likeness (QED) is 0.858. The largest absolute Gasteiger partial charge is 0.309 e. The van der Waals surface area contributed by atoms with Crippen molar-refractivity contribution in [1.82, 2.24) is 10.2 Å². The first-order valence-corrected chi connectivity index (χ1v) is 8.83. The fourth-order valence-corrected chi connectivity index (χ4v) is 3.79. The lowest BCUT2D eigenvalue weighted by molar-refractivity contribution is 0.0999. The highest BCUT2D eigenvalue weighted by atomic mass is 15.2. The van der Waals surface area contributed by atoms with Gasteiger partial charge in [-0.2, -0.15) is 0 Å². The number of rotatable bonds is 6. The van der Waals surface area contributed by atoms with Crippen molar-refractivity contribution in [3.05, 3.63) is 35.9 Å². The summed E-state index contributed by atoms with van der Waals surface area (Å²) in [6.45, 7) is 7.29. The normalized spacial score (nSPS) is 27.5. The molecule has 1 heterocycles. The second kappa shape index (κ2) is 7.42. The molecule has 2 atom stereocenters. The molecule has 1 aliphatic carbocycles. The van der Waals surface area contributed by atoms with Gasteiger partial charge in [0.15, 0.2) is 0 Å². The summed E-state index contributed by atoms with van der Waals surface area (Å²) in [4.78, 5) is 2.74. The van der Waals surface area contributed by atoms with E-state index in [2.05, 4.69) is 47.5 Å². The molecule has 2 aliphatic rings. The van der Waals surface area contributed by atoms with E-state index < -0.39 is 0 Å². The zero-order valence-electron chi connectivity index (χ0n) is 13.4. The van der Waals surface area contributed by atoms with Crippen LogP contribution in [0.25, 0.3) is 0 Å². The van der Waals surface area contributed by atoms with Gasteiger partial charge in [0.25, 0.3) is 0 Å². The summed E-state index contributed by atoms with van der Waals surface area (Å²) < 4.78 is 0. The Morgan fingerprint density at radius 3 is 2.57 bits per heavy atom. The standard InChI is InChI=1S/C19H30N2/c1-2-16-11-19(20-12-17-7-4-3-5-8-17)15-21(13-16)14-18-9-6-10-18/h3-5,7-8,16,18-20H,2,6,9-15H2,1H3. The van der Waals surface area contributed by atoms with Crippen LogP contribution >= 0.6 is 0 Å². The number of nitrogens with zero attached hydrogens (tertiary/aromatic N) is 1. The van der Waals surface area contributed by atoms with Crippen LogP contribution < -0.4 is 5.32 Å². The van der Waals surface area contributed by atoms with Crippen molar-refractivity contribution in [2.75, 3.05) is 19.6 Å². The van der Waals surface area contributed by atoms with E-state index in [1.165, 1.54) is 57.3 Å². The lowest BCUT2D eigenvalue weighted by Crippen LogP contribution is -2.50. The van der Waals surface area contributed by atoms with Gasteiger partial charge in [0.1, 0.15) is 0 Å². The summed E-state index contributed by atoms with van der Waals surface area (Å²) in [5, 5.41) is 3.80. The van der Waals surface area contributed by atoms with E-state index in [1.54, 1.807) is 0 Å². The highest BCUT2D eigenvalue weighted by Gasteiger charge is 2.29. The number of benzene rings is 1. The number of nitrogens with one attached hydrogen (secondary N) is 1. The topological polar surface area (TPSA) is 15.3 Å². The molecule has 1 aromatic carbocycles. The third-order valence-electron chi connectivity index (χ3n) is 5.37. The SMILES string of the molecule is CCC1CC(NCc2ccccc2)CN(CC2CCC2)C1. The van der Waals surface area contributed by atoms with Crippen LogP contribution in [0.5, 0.6) is 0 Å². The Kier molecular flexibility index (Phi) is 5.32. The van der Waals surface area contributed by atoms with Gasteiger partial charge in [0.2, 0.25) is 0 Å². The van der Waals surface area contributed by atoms with Crippen LogP contribution in [-0.2, 0) is 6.54 Å². The van der Waals surface area contributed by atoms with Crippen molar-refractivity contribution in [3.63, 3.8) is 0 Å². The molecule has 1 aromatic rings. The van der Waals surface area contributed by atoms with Crippen LogP contribution in [0.2, 0.25) is 0 Å². The van der Waals surface area contributed by atoms with E-state index in [4.69, 9.17) is 0 Å². The third kappa shape index (κ3) is 4.31. The van der Waals surface area contributed by atoms with Crippen LogP contribution in [-0.4, -0.2) is 30.6 Å². The van der Waals surface area contributed by atoms with Crippen LogP contribution in [0.3, 0.4) is 0 Å². The lowest BCUT2D eigenvalue weighted by Gasteiger charge is -2.41. The Balaban J connectivity index is 1.50. The number of piperidine rings is 1. The molecule has 0 bridgehead atoms. The summed E-state index contributed by atoms with van der Waals surface area (Å²) in [5.74, 6) is 1.88. The molecular weight excluding hydrogens is 256 g/mol. The van der Waals surface area contributed by atoms with Crippen LogP contribution in [0, 0.1) is 11.8 Å². The minimum Gasteiger partial charge on any atom is -0.309 e. The molecule has 3 rings (SSSR count). The molecule has 0 spiro atoms. The number of likely N-dealkylation sites (tertiary alicyclic amines) is 1. The molecule has 0 radical (unpaired) electrons. The van der Waals surface area contributed by atoms with Gasteiger partial charge in [-0.25, -0.2) is 0 Å². The summed E-state index contributed by atoms with van der Waals surface area (Å²) in [6, 6.07) is 11.5. The Hall–Kier alpha value is -0.860. The first kappa shape index (κ1) is 15.1. The maximum Gasteiger partial charge on any atom is 0.0208 e. The second-order valence-electron chi connectivity index (χ2n) is 7.09. The van der Waals surface area contributed by atoms with Gasteiger partial charge >= 0.3 is 0 Å². The third-order valence-corrected chi connectivity index (χ3v) is 5.37. The maximum absolute atomic E-state index is 3.80. The first-order valence-electron chi connectivity index (χ1n) is 8.83. The van der Waals surface area contributed by atoms with Crippen LogP contribution in [0.1, 0.15) is 44.6 Å². The molecule has 1 N–H and O–H groups in total. The average Bonchev–Trinajstić information content (AvgIpc) is 2.50. The Bertz CT molecular complexity index is 411. The number of hydrogen-bond donors (Lipinski definition) is 1. The Labute approximate surface area is 129 Å². The van der Waals surface area contributed by atoms with Crippen molar-refractivity contribution in [3.8, 4) is 0 Å². The molecule has 1 saturated heterocycles. The van der Waals surface area contributed by atoms with E-state index in [-0.39, 0.29) is 0 Å². The van der Waals surface area contributed by atoms with Crippen molar-refractivity contribution in [2.24, 2.45) is 11.8 Å². The summed E-state index contributed by atoms with van der Waals surface area (Å²) in [6.07, 6.45) is 7.07. The molecule has 116 valence electrons. The van der Waals surface area contributed by atoms with Crippen molar-refractivity contribution < 1.29 is 0 Å². The summed E-state index contributed by atoms with van der Waals surface area (Å²) in [7, 11) is 0. The average molecular weight is 286 g/mol. The zero-order chi connectivity index (χ0) is 14.5.